The number of nitrogens with one attached hydrogen (secondary N) is 1. The molecular weight excluding hydrogens is 338 g/mol. The zero-order valence-electron chi connectivity index (χ0n) is 13.8. The van der Waals surface area contributed by atoms with Crippen LogP contribution in [-0.2, 0) is 4.79 Å². The Hall–Kier alpha value is -2.80. The molecule has 2 N–H and O–H groups in total. The molecular formula is C18H17N3O3S. The highest BCUT2D eigenvalue weighted by Gasteiger charge is 2.19. The van der Waals surface area contributed by atoms with E-state index >= 15 is 0 Å². The molecule has 3 rings (SSSR count). The molecule has 1 atom stereocenters. The van der Waals surface area contributed by atoms with Crippen molar-refractivity contribution >= 4 is 23.4 Å². The van der Waals surface area contributed by atoms with Gasteiger partial charge in [-0.1, -0.05) is 36.0 Å². The summed E-state index contributed by atoms with van der Waals surface area (Å²) >= 11 is 1.18. The van der Waals surface area contributed by atoms with Crippen LogP contribution in [0.5, 0.6) is 5.75 Å². The Labute approximate surface area is 149 Å². The number of hydrogen-bond donors (Lipinski definition) is 2. The van der Waals surface area contributed by atoms with E-state index in [1.165, 1.54) is 17.8 Å². The highest BCUT2D eigenvalue weighted by Crippen LogP contribution is 2.28. The second kappa shape index (κ2) is 7.40. The van der Waals surface area contributed by atoms with Crippen molar-refractivity contribution in [2.24, 2.45) is 0 Å². The van der Waals surface area contributed by atoms with Gasteiger partial charge in [0, 0.05) is 11.3 Å². The van der Waals surface area contributed by atoms with E-state index in [1.807, 2.05) is 31.2 Å². The molecule has 1 aromatic heterocycles. The molecule has 0 bridgehead atoms. The molecule has 1 amide bonds. The molecule has 25 heavy (non-hydrogen) atoms. The molecule has 3 aromatic rings. The van der Waals surface area contributed by atoms with Crippen molar-refractivity contribution in [1.82, 2.24) is 10.2 Å². The number of phenolic OH excluding ortho intramolecular Hbond substituents is 1. The van der Waals surface area contributed by atoms with Crippen molar-refractivity contribution in [3.05, 3.63) is 54.1 Å². The van der Waals surface area contributed by atoms with Crippen molar-refractivity contribution in [1.29, 1.82) is 0 Å². The maximum absolute atomic E-state index is 12.3. The predicted octanol–water partition coefficient (Wildman–Crippen LogP) is 3.87. The number of aromatic nitrogens is 2. The van der Waals surface area contributed by atoms with E-state index < -0.39 is 5.25 Å². The zero-order chi connectivity index (χ0) is 17.8. The first-order chi connectivity index (χ1) is 12.0. The van der Waals surface area contributed by atoms with Crippen molar-refractivity contribution in [3.8, 4) is 17.2 Å². The van der Waals surface area contributed by atoms with E-state index in [0.29, 0.717) is 16.7 Å². The SMILES string of the molecule is Cc1ccccc1NC(=O)[C@H](C)Sc1nnc(-c2cccc(O)c2)o1. The molecule has 2 aromatic carbocycles. The van der Waals surface area contributed by atoms with Gasteiger partial charge in [0.1, 0.15) is 5.75 Å². The Morgan fingerprint density at radius 2 is 2.00 bits per heavy atom. The van der Waals surface area contributed by atoms with Crippen LogP contribution in [-0.4, -0.2) is 26.5 Å². The Balaban J connectivity index is 1.66. The Morgan fingerprint density at radius 1 is 1.20 bits per heavy atom. The number of aryl methyl sites for hydroxylation is 1. The highest BCUT2D eigenvalue weighted by molar-refractivity contribution is 8.00. The lowest BCUT2D eigenvalue weighted by Crippen LogP contribution is -2.22. The number of hydrogen-bond acceptors (Lipinski definition) is 6. The fraction of sp³-hybridized carbons (Fsp3) is 0.167. The molecule has 0 radical (unpaired) electrons. The molecule has 6 nitrogen and oxygen atoms in total. The number of nitrogens with zero attached hydrogens (tertiary/aromatic N) is 2. The van der Waals surface area contributed by atoms with Gasteiger partial charge in [-0.25, -0.2) is 0 Å². The smallest absolute Gasteiger partial charge is 0.277 e. The van der Waals surface area contributed by atoms with E-state index in [4.69, 9.17) is 4.42 Å². The summed E-state index contributed by atoms with van der Waals surface area (Å²) in [5, 5.41) is 20.2. The van der Waals surface area contributed by atoms with E-state index in [0.717, 1.165) is 11.3 Å². The van der Waals surface area contributed by atoms with Gasteiger partial charge in [-0.3, -0.25) is 4.79 Å². The number of rotatable bonds is 5. The molecule has 0 aliphatic rings. The molecule has 0 aliphatic heterocycles. The number of carbonyl (C=O) groups is 1. The summed E-state index contributed by atoms with van der Waals surface area (Å²) in [6, 6.07) is 14.1. The third-order valence-corrected chi connectivity index (χ3v) is 4.48. The maximum atomic E-state index is 12.3. The monoisotopic (exact) mass is 355 g/mol. The molecule has 0 spiro atoms. The average molecular weight is 355 g/mol. The Bertz CT molecular complexity index is 895. The largest absolute Gasteiger partial charge is 0.508 e. The highest BCUT2D eigenvalue weighted by atomic mass is 32.2. The minimum absolute atomic E-state index is 0.121. The van der Waals surface area contributed by atoms with Gasteiger partial charge in [0.05, 0.1) is 5.25 Å². The lowest BCUT2D eigenvalue weighted by Gasteiger charge is -2.11. The lowest BCUT2D eigenvalue weighted by molar-refractivity contribution is -0.115. The first-order valence-corrected chi connectivity index (χ1v) is 8.57. The number of carbonyl (C=O) groups excluding carboxylic acids is 1. The van der Waals surface area contributed by atoms with Gasteiger partial charge >= 0.3 is 0 Å². The minimum Gasteiger partial charge on any atom is -0.508 e. The summed E-state index contributed by atoms with van der Waals surface area (Å²) in [5.74, 6) is 0.275. The Morgan fingerprint density at radius 3 is 2.76 bits per heavy atom. The normalized spacial score (nSPS) is 11.9. The number of para-hydroxylation sites is 1. The van der Waals surface area contributed by atoms with Gasteiger partial charge in [0.2, 0.25) is 11.8 Å². The fourth-order valence-corrected chi connectivity index (χ4v) is 2.85. The van der Waals surface area contributed by atoms with Crippen LogP contribution < -0.4 is 5.32 Å². The molecule has 7 heteroatoms. The van der Waals surface area contributed by atoms with Gasteiger partial charge in [-0.05, 0) is 43.7 Å². The summed E-state index contributed by atoms with van der Waals surface area (Å²) in [7, 11) is 0. The maximum Gasteiger partial charge on any atom is 0.277 e. The fourth-order valence-electron chi connectivity index (χ4n) is 2.17. The molecule has 0 fully saturated rings. The topological polar surface area (TPSA) is 88.2 Å². The number of amides is 1. The number of thioether (sulfide) groups is 1. The van der Waals surface area contributed by atoms with E-state index in [9.17, 15) is 9.90 Å². The van der Waals surface area contributed by atoms with Crippen molar-refractivity contribution in [2.45, 2.75) is 24.3 Å². The summed E-state index contributed by atoms with van der Waals surface area (Å²) in [4.78, 5) is 12.3. The molecule has 0 aliphatic carbocycles. The second-order valence-corrected chi connectivity index (χ2v) is 6.78. The minimum atomic E-state index is -0.405. The molecule has 0 saturated heterocycles. The van der Waals surface area contributed by atoms with Crippen LogP contribution in [0, 0.1) is 6.92 Å². The van der Waals surface area contributed by atoms with E-state index in [-0.39, 0.29) is 11.7 Å². The molecule has 1 heterocycles. The van der Waals surface area contributed by atoms with Gasteiger partial charge < -0.3 is 14.8 Å². The standard InChI is InChI=1S/C18H17N3O3S/c1-11-6-3-4-9-15(11)19-16(23)12(2)25-18-21-20-17(24-18)13-7-5-8-14(22)10-13/h3-10,12,22H,1-2H3,(H,19,23)/t12-/m0/s1. The van der Waals surface area contributed by atoms with Crippen LogP contribution in [0.4, 0.5) is 5.69 Å². The summed E-state index contributed by atoms with van der Waals surface area (Å²) in [5.41, 5.74) is 2.40. The van der Waals surface area contributed by atoms with Gasteiger partial charge in [-0.2, -0.15) is 0 Å². The van der Waals surface area contributed by atoms with Gasteiger partial charge in [0.15, 0.2) is 0 Å². The summed E-state index contributed by atoms with van der Waals surface area (Å²) in [6.45, 7) is 3.71. The second-order valence-electron chi connectivity index (χ2n) is 5.49. The van der Waals surface area contributed by atoms with Crippen molar-refractivity contribution in [2.75, 3.05) is 5.32 Å². The van der Waals surface area contributed by atoms with Crippen molar-refractivity contribution < 1.29 is 14.3 Å². The summed E-state index contributed by atoms with van der Waals surface area (Å²) < 4.78 is 5.57. The van der Waals surface area contributed by atoms with Gasteiger partial charge in [0.25, 0.3) is 5.22 Å². The molecule has 0 unspecified atom stereocenters. The Kier molecular flexibility index (Phi) is 5.04. The van der Waals surface area contributed by atoms with E-state index in [2.05, 4.69) is 15.5 Å². The predicted molar refractivity (Wildman–Crippen MR) is 96.5 cm³/mol. The molecule has 0 saturated carbocycles. The first-order valence-electron chi connectivity index (χ1n) is 7.69. The quantitative estimate of drug-likeness (QED) is 0.676. The lowest BCUT2D eigenvalue weighted by atomic mass is 10.2. The number of benzene rings is 2. The molecule has 128 valence electrons. The van der Waals surface area contributed by atoms with Crippen LogP contribution >= 0.6 is 11.8 Å². The average Bonchev–Trinajstić information content (AvgIpc) is 3.05. The number of aromatic hydroxyl groups is 1. The van der Waals surface area contributed by atoms with Crippen LogP contribution in [0.2, 0.25) is 0 Å². The summed E-state index contributed by atoms with van der Waals surface area (Å²) in [6.07, 6.45) is 0. The van der Waals surface area contributed by atoms with E-state index in [1.54, 1.807) is 25.1 Å². The number of anilines is 1. The zero-order valence-corrected chi connectivity index (χ0v) is 14.6. The van der Waals surface area contributed by atoms with Crippen LogP contribution in [0.15, 0.2) is 58.2 Å². The van der Waals surface area contributed by atoms with Crippen LogP contribution in [0.25, 0.3) is 11.5 Å². The first kappa shape index (κ1) is 17.0. The van der Waals surface area contributed by atoms with Crippen molar-refractivity contribution in [3.63, 3.8) is 0 Å². The third-order valence-electron chi connectivity index (χ3n) is 3.55. The van der Waals surface area contributed by atoms with Crippen LogP contribution in [0.3, 0.4) is 0 Å². The third kappa shape index (κ3) is 4.19. The van der Waals surface area contributed by atoms with Crippen LogP contribution in [0.1, 0.15) is 12.5 Å². The van der Waals surface area contributed by atoms with Gasteiger partial charge in [-0.15, -0.1) is 10.2 Å². The number of phenols is 1.